The molecule has 1 unspecified atom stereocenters. The minimum Gasteiger partial charge on any atom is -0.383 e. The lowest BCUT2D eigenvalue weighted by Crippen LogP contribution is -2.39. The van der Waals surface area contributed by atoms with Gasteiger partial charge >= 0.3 is 0 Å². The lowest BCUT2D eigenvalue weighted by molar-refractivity contribution is 0.204. The first kappa shape index (κ1) is 26.8. The predicted molar refractivity (Wildman–Crippen MR) is 134 cm³/mol. The number of aliphatic imine (C=N–C) groups is 1. The third-order valence-electron chi connectivity index (χ3n) is 4.26. The molecule has 0 saturated heterocycles. The van der Waals surface area contributed by atoms with E-state index in [1.165, 1.54) is 12.0 Å². The van der Waals surface area contributed by atoms with E-state index in [4.69, 9.17) is 4.74 Å². The Morgan fingerprint density at radius 1 is 1.20 bits per heavy atom. The zero-order valence-corrected chi connectivity index (χ0v) is 21.5. The first-order chi connectivity index (χ1) is 13.9. The Bertz CT molecular complexity index is 857. The van der Waals surface area contributed by atoms with Gasteiger partial charge in [0.15, 0.2) is 5.96 Å². The lowest BCUT2D eigenvalue weighted by atomic mass is 10.1. The molecule has 0 aliphatic carbocycles. The molecular formula is C20H31IN4O3S2. The van der Waals surface area contributed by atoms with Gasteiger partial charge in [-0.05, 0) is 41.5 Å². The summed E-state index contributed by atoms with van der Waals surface area (Å²) in [6.45, 7) is 4.16. The van der Waals surface area contributed by atoms with Gasteiger partial charge in [0.05, 0.1) is 11.5 Å². The van der Waals surface area contributed by atoms with Crippen LogP contribution in [0.15, 0.2) is 51.7 Å². The highest BCUT2D eigenvalue weighted by molar-refractivity contribution is 14.0. The van der Waals surface area contributed by atoms with Gasteiger partial charge in [-0.15, -0.1) is 35.3 Å². The average Bonchev–Trinajstić information content (AvgIpc) is 3.21. The molecule has 2 aromatic rings. The van der Waals surface area contributed by atoms with Gasteiger partial charge in [-0.1, -0.05) is 25.1 Å². The molecule has 1 atom stereocenters. The van der Waals surface area contributed by atoms with Crippen LogP contribution in [0.25, 0.3) is 0 Å². The monoisotopic (exact) mass is 566 g/mol. The quantitative estimate of drug-likeness (QED) is 0.169. The molecule has 2 rings (SSSR count). The Kier molecular flexibility index (Phi) is 12.5. The van der Waals surface area contributed by atoms with Gasteiger partial charge in [-0.2, -0.15) is 0 Å². The van der Waals surface area contributed by atoms with Crippen molar-refractivity contribution in [3.63, 3.8) is 0 Å². The molecular weight excluding hydrogens is 535 g/mol. The number of benzene rings is 1. The fourth-order valence-corrected chi connectivity index (χ4v) is 4.55. The molecule has 7 nitrogen and oxygen atoms in total. The van der Waals surface area contributed by atoms with Crippen LogP contribution in [0.5, 0.6) is 0 Å². The summed E-state index contributed by atoms with van der Waals surface area (Å²) in [5.74, 6) is 1.21. The fraction of sp³-hybridized carbons (Fsp3) is 0.450. The minimum absolute atomic E-state index is 0. The molecule has 10 heteroatoms. The molecule has 1 aromatic heterocycles. The van der Waals surface area contributed by atoms with Crippen molar-refractivity contribution in [3.8, 4) is 0 Å². The standard InChI is InChI=1S/C20H30N4O3S2.HI/c1-16(13-18-5-4-12-28-18)14-22-20(21-2)23-15-17-6-8-19(9-7-17)29(25,26)24-10-11-27-3;/h4-9,12,16,24H,10-11,13-15H2,1-3H3,(H2,21,22,23);1H. The summed E-state index contributed by atoms with van der Waals surface area (Å²) in [5.41, 5.74) is 0.968. The number of methoxy groups -OCH3 is 1. The molecule has 30 heavy (non-hydrogen) atoms. The van der Waals surface area contributed by atoms with E-state index in [-0.39, 0.29) is 35.4 Å². The van der Waals surface area contributed by atoms with Gasteiger partial charge < -0.3 is 15.4 Å². The SMILES string of the molecule is CN=C(NCc1ccc(S(=O)(=O)NCCOC)cc1)NCC(C)Cc1cccs1.I. The van der Waals surface area contributed by atoms with E-state index >= 15 is 0 Å². The Morgan fingerprint density at radius 2 is 1.93 bits per heavy atom. The molecule has 1 aromatic carbocycles. The van der Waals surface area contributed by atoms with Gasteiger partial charge in [-0.25, -0.2) is 13.1 Å². The van der Waals surface area contributed by atoms with Crippen LogP contribution in [0.1, 0.15) is 17.4 Å². The van der Waals surface area contributed by atoms with E-state index in [1.807, 2.05) is 0 Å². The summed E-state index contributed by atoms with van der Waals surface area (Å²) in [5, 5.41) is 8.70. The van der Waals surface area contributed by atoms with Crippen LogP contribution in [0, 0.1) is 5.92 Å². The predicted octanol–water partition coefficient (Wildman–Crippen LogP) is 2.83. The average molecular weight is 567 g/mol. The number of guanidine groups is 1. The summed E-state index contributed by atoms with van der Waals surface area (Å²) in [4.78, 5) is 5.87. The van der Waals surface area contributed by atoms with Crippen LogP contribution in [0.4, 0.5) is 0 Å². The number of nitrogens with zero attached hydrogens (tertiary/aromatic N) is 1. The van der Waals surface area contributed by atoms with Gasteiger partial charge in [0.2, 0.25) is 10.0 Å². The van der Waals surface area contributed by atoms with E-state index in [9.17, 15) is 8.42 Å². The summed E-state index contributed by atoms with van der Waals surface area (Å²) < 4.78 is 31.7. The molecule has 0 bridgehead atoms. The lowest BCUT2D eigenvalue weighted by Gasteiger charge is -2.16. The summed E-state index contributed by atoms with van der Waals surface area (Å²) in [7, 11) is -0.243. The van der Waals surface area contributed by atoms with Crippen LogP contribution in [-0.2, 0) is 27.7 Å². The molecule has 0 spiro atoms. The molecule has 3 N–H and O–H groups in total. The van der Waals surface area contributed by atoms with E-state index in [1.54, 1.807) is 42.6 Å². The molecule has 1 heterocycles. The first-order valence-electron chi connectivity index (χ1n) is 9.49. The number of ether oxygens (including phenoxy) is 1. The zero-order valence-electron chi connectivity index (χ0n) is 17.6. The number of sulfonamides is 1. The molecule has 0 aliphatic heterocycles. The number of hydrogen-bond acceptors (Lipinski definition) is 5. The maximum Gasteiger partial charge on any atom is 0.240 e. The van der Waals surface area contributed by atoms with Gasteiger partial charge in [0.1, 0.15) is 0 Å². The smallest absolute Gasteiger partial charge is 0.240 e. The van der Waals surface area contributed by atoms with Crippen molar-refractivity contribution in [2.45, 2.75) is 24.8 Å². The van der Waals surface area contributed by atoms with Crippen molar-refractivity contribution in [3.05, 3.63) is 52.2 Å². The summed E-state index contributed by atoms with van der Waals surface area (Å²) in [6.07, 6.45) is 1.04. The number of halogens is 1. The van der Waals surface area contributed by atoms with E-state index in [0.29, 0.717) is 19.1 Å². The number of hydrogen-bond donors (Lipinski definition) is 3. The highest BCUT2D eigenvalue weighted by Gasteiger charge is 2.13. The van der Waals surface area contributed by atoms with Crippen LogP contribution >= 0.6 is 35.3 Å². The van der Waals surface area contributed by atoms with Crippen molar-refractivity contribution in [1.82, 2.24) is 15.4 Å². The maximum atomic E-state index is 12.2. The summed E-state index contributed by atoms with van der Waals surface area (Å²) >= 11 is 1.78. The van der Waals surface area contributed by atoms with Crippen molar-refractivity contribution in [2.75, 3.05) is 33.9 Å². The third-order valence-corrected chi connectivity index (χ3v) is 6.64. The van der Waals surface area contributed by atoms with Crippen molar-refractivity contribution in [2.24, 2.45) is 10.9 Å². The van der Waals surface area contributed by atoms with Crippen molar-refractivity contribution < 1.29 is 13.2 Å². The van der Waals surface area contributed by atoms with Gasteiger partial charge in [-0.3, -0.25) is 4.99 Å². The van der Waals surface area contributed by atoms with E-state index in [2.05, 4.69) is 44.8 Å². The second-order valence-corrected chi connectivity index (χ2v) is 9.53. The van der Waals surface area contributed by atoms with Gasteiger partial charge in [0, 0.05) is 38.7 Å². The van der Waals surface area contributed by atoms with Crippen LogP contribution in [0.3, 0.4) is 0 Å². The van der Waals surface area contributed by atoms with E-state index < -0.39 is 10.0 Å². The Morgan fingerprint density at radius 3 is 2.53 bits per heavy atom. The molecule has 0 radical (unpaired) electrons. The Hall–Kier alpha value is -1.21. The maximum absolute atomic E-state index is 12.2. The van der Waals surface area contributed by atoms with Crippen molar-refractivity contribution in [1.29, 1.82) is 0 Å². The van der Waals surface area contributed by atoms with Crippen LogP contribution in [0.2, 0.25) is 0 Å². The molecule has 168 valence electrons. The van der Waals surface area contributed by atoms with Crippen LogP contribution < -0.4 is 15.4 Å². The second kappa shape index (κ2) is 14.0. The first-order valence-corrected chi connectivity index (χ1v) is 11.9. The summed E-state index contributed by atoms with van der Waals surface area (Å²) in [6, 6.07) is 11.0. The molecule has 0 aliphatic rings. The Labute approximate surface area is 200 Å². The molecule has 0 saturated carbocycles. The topological polar surface area (TPSA) is 91.8 Å². The molecule has 0 fully saturated rings. The third kappa shape index (κ3) is 9.29. The van der Waals surface area contributed by atoms with E-state index in [0.717, 1.165) is 24.5 Å². The number of nitrogens with one attached hydrogen (secondary N) is 3. The number of rotatable bonds is 11. The van der Waals surface area contributed by atoms with Gasteiger partial charge in [0.25, 0.3) is 0 Å². The second-order valence-electron chi connectivity index (χ2n) is 6.73. The Balaban J connectivity index is 0.00000450. The molecule has 0 amide bonds. The van der Waals surface area contributed by atoms with Crippen LogP contribution in [-0.4, -0.2) is 48.2 Å². The normalized spacial score (nSPS) is 12.8. The zero-order chi connectivity index (χ0) is 21.1. The fourth-order valence-electron chi connectivity index (χ4n) is 2.67. The van der Waals surface area contributed by atoms with Crippen molar-refractivity contribution >= 4 is 51.3 Å². The minimum atomic E-state index is -3.51. The highest BCUT2D eigenvalue weighted by Crippen LogP contribution is 2.14. The largest absolute Gasteiger partial charge is 0.383 e. The highest BCUT2D eigenvalue weighted by atomic mass is 127. The number of thiophene rings is 1.